The molecule has 5 rings (SSSR count). The Morgan fingerprint density at radius 1 is 0.778 bits per heavy atom. The first-order valence-electron chi connectivity index (χ1n) is 11.8. The third-order valence-electron chi connectivity index (χ3n) is 6.12. The van der Waals surface area contributed by atoms with Gasteiger partial charge in [0.05, 0.1) is 12.5 Å². The topological polar surface area (TPSA) is 55.4 Å². The van der Waals surface area contributed by atoms with Crippen LogP contribution in [0.4, 0.5) is 5.00 Å². The van der Waals surface area contributed by atoms with Crippen LogP contribution in [-0.4, -0.2) is 18.5 Å². The maximum absolute atomic E-state index is 13.7. The Balaban J connectivity index is 1.58. The lowest BCUT2D eigenvalue weighted by Crippen LogP contribution is -2.23. The number of amides is 1. The number of carbonyl (C=O) groups is 2. The van der Waals surface area contributed by atoms with Crippen molar-refractivity contribution in [3.63, 3.8) is 0 Å². The molecule has 5 aromatic rings. The molecule has 0 atom stereocenters. The van der Waals surface area contributed by atoms with Crippen LogP contribution in [-0.2, 0) is 9.53 Å². The number of fused-ring (bicyclic) bond motifs is 1. The first-order chi connectivity index (χ1) is 17.7. The molecule has 36 heavy (non-hydrogen) atoms. The van der Waals surface area contributed by atoms with Gasteiger partial charge in [-0.1, -0.05) is 103 Å². The summed E-state index contributed by atoms with van der Waals surface area (Å²) in [6.07, 6.45) is 0. The van der Waals surface area contributed by atoms with Gasteiger partial charge in [0.2, 0.25) is 5.91 Å². The molecule has 4 nitrogen and oxygen atoms in total. The summed E-state index contributed by atoms with van der Waals surface area (Å²) in [5, 5.41) is 7.58. The summed E-state index contributed by atoms with van der Waals surface area (Å²) in [6, 6.07) is 33.4. The summed E-state index contributed by atoms with van der Waals surface area (Å²) in [4.78, 5) is 26.9. The number of ether oxygens (including phenoxy) is 1. The molecule has 0 unspecified atom stereocenters. The number of hydrogen-bond donors (Lipinski definition) is 1. The second-order valence-corrected chi connectivity index (χ2v) is 9.22. The van der Waals surface area contributed by atoms with Crippen molar-refractivity contribution < 1.29 is 14.3 Å². The van der Waals surface area contributed by atoms with Gasteiger partial charge in [0, 0.05) is 10.9 Å². The van der Waals surface area contributed by atoms with Gasteiger partial charge in [-0.05, 0) is 34.4 Å². The van der Waals surface area contributed by atoms with E-state index in [9.17, 15) is 9.59 Å². The zero-order chi connectivity index (χ0) is 24.9. The minimum absolute atomic E-state index is 0.204. The van der Waals surface area contributed by atoms with Crippen LogP contribution in [0.2, 0.25) is 0 Å². The van der Waals surface area contributed by atoms with Crippen molar-refractivity contribution in [1.29, 1.82) is 0 Å². The molecule has 0 aliphatic heterocycles. The molecule has 1 N–H and O–H groups in total. The number of anilines is 1. The van der Waals surface area contributed by atoms with Gasteiger partial charge in [-0.3, -0.25) is 4.79 Å². The first kappa shape index (κ1) is 23.5. The molecule has 0 aliphatic rings. The summed E-state index contributed by atoms with van der Waals surface area (Å²) < 4.78 is 5.43. The zero-order valence-corrected chi connectivity index (χ0v) is 20.6. The highest BCUT2D eigenvalue weighted by Crippen LogP contribution is 2.40. The Morgan fingerprint density at radius 2 is 1.39 bits per heavy atom. The summed E-state index contributed by atoms with van der Waals surface area (Å²) in [7, 11) is 0. The molecule has 1 amide bonds. The number of nitrogens with one attached hydrogen (secondary N) is 1. The van der Waals surface area contributed by atoms with E-state index < -0.39 is 11.9 Å². The highest BCUT2D eigenvalue weighted by atomic mass is 32.1. The van der Waals surface area contributed by atoms with Gasteiger partial charge in [-0.25, -0.2) is 4.79 Å². The van der Waals surface area contributed by atoms with Gasteiger partial charge in [0.15, 0.2) is 0 Å². The van der Waals surface area contributed by atoms with Crippen molar-refractivity contribution in [2.75, 3.05) is 11.9 Å². The molecule has 178 valence electrons. The Kier molecular flexibility index (Phi) is 6.92. The van der Waals surface area contributed by atoms with E-state index in [2.05, 4.69) is 5.32 Å². The normalized spacial score (nSPS) is 10.9. The molecule has 1 heterocycles. The monoisotopic (exact) mass is 491 g/mol. The molecular formula is C31H25NO3S. The second kappa shape index (κ2) is 10.6. The van der Waals surface area contributed by atoms with E-state index in [1.807, 2.05) is 109 Å². The molecule has 0 aliphatic carbocycles. The smallest absolute Gasteiger partial charge is 0.341 e. The average Bonchev–Trinajstić information content (AvgIpc) is 3.33. The van der Waals surface area contributed by atoms with Crippen LogP contribution in [0.25, 0.3) is 21.9 Å². The van der Waals surface area contributed by atoms with Crippen molar-refractivity contribution in [3.05, 3.63) is 125 Å². The lowest BCUT2D eigenvalue weighted by atomic mass is 9.90. The van der Waals surface area contributed by atoms with Crippen LogP contribution in [0.1, 0.15) is 34.3 Å². The van der Waals surface area contributed by atoms with E-state index in [-0.39, 0.29) is 12.5 Å². The van der Waals surface area contributed by atoms with Crippen LogP contribution >= 0.6 is 11.3 Å². The number of carbonyl (C=O) groups excluding carboxylic acids is 2. The molecule has 0 saturated heterocycles. The number of thiophene rings is 1. The first-order valence-corrected chi connectivity index (χ1v) is 12.7. The van der Waals surface area contributed by atoms with Gasteiger partial charge in [-0.15, -0.1) is 11.3 Å². The maximum Gasteiger partial charge on any atom is 0.341 e. The average molecular weight is 492 g/mol. The Bertz CT molecular complexity index is 1460. The maximum atomic E-state index is 13.7. The predicted octanol–water partition coefficient (Wildman–Crippen LogP) is 7.52. The van der Waals surface area contributed by atoms with Crippen LogP contribution < -0.4 is 5.32 Å². The van der Waals surface area contributed by atoms with Crippen LogP contribution in [0.15, 0.2) is 109 Å². The largest absolute Gasteiger partial charge is 0.462 e. The van der Waals surface area contributed by atoms with E-state index in [1.165, 1.54) is 11.3 Å². The fourth-order valence-corrected chi connectivity index (χ4v) is 5.44. The van der Waals surface area contributed by atoms with Crippen molar-refractivity contribution in [3.8, 4) is 11.1 Å². The number of benzene rings is 4. The van der Waals surface area contributed by atoms with Gasteiger partial charge < -0.3 is 10.1 Å². The van der Waals surface area contributed by atoms with E-state index in [1.54, 1.807) is 6.92 Å². The molecule has 4 aromatic carbocycles. The quantitative estimate of drug-likeness (QED) is 0.240. The highest BCUT2D eigenvalue weighted by Gasteiger charge is 2.28. The molecule has 0 bridgehead atoms. The van der Waals surface area contributed by atoms with Crippen LogP contribution in [0, 0.1) is 0 Å². The fourth-order valence-electron chi connectivity index (χ4n) is 4.48. The molecule has 0 radical (unpaired) electrons. The number of esters is 1. The molecule has 0 saturated carbocycles. The standard InChI is InChI=1S/C31H25NO3S/c1-2-35-31(34)28-26(25-19-11-17-21-12-9-10-18-24(21)25)20-36-30(28)32-29(33)27(22-13-5-3-6-14-22)23-15-7-4-8-16-23/h3-20,27H,2H2,1H3,(H,32,33). The minimum Gasteiger partial charge on any atom is -0.462 e. The van der Waals surface area contributed by atoms with Crippen molar-refractivity contribution in [2.24, 2.45) is 0 Å². The fraction of sp³-hybridized carbons (Fsp3) is 0.0968. The lowest BCUT2D eigenvalue weighted by molar-refractivity contribution is -0.116. The zero-order valence-electron chi connectivity index (χ0n) is 19.8. The van der Waals surface area contributed by atoms with E-state index in [0.29, 0.717) is 10.6 Å². The number of rotatable bonds is 7. The third kappa shape index (κ3) is 4.66. The second-order valence-electron chi connectivity index (χ2n) is 8.34. The summed E-state index contributed by atoms with van der Waals surface area (Å²) in [5.41, 5.74) is 3.82. The Hall–Kier alpha value is -4.22. The van der Waals surface area contributed by atoms with Crippen LogP contribution in [0.5, 0.6) is 0 Å². The van der Waals surface area contributed by atoms with E-state index >= 15 is 0 Å². The Morgan fingerprint density at radius 3 is 2.06 bits per heavy atom. The van der Waals surface area contributed by atoms with E-state index in [4.69, 9.17) is 4.74 Å². The molecule has 1 aromatic heterocycles. The van der Waals surface area contributed by atoms with Gasteiger partial charge in [0.1, 0.15) is 10.6 Å². The molecular weight excluding hydrogens is 466 g/mol. The molecule has 0 fully saturated rings. The number of hydrogen-bond acceptors (Lipinski definition) is 4. The summed E-state index contributed by atoms with van der Waals surface area (Å²) in [6.45, 7) is 2.02. The summed E-state index contributed by atoms with van der Waals surface area (Å²) >= 11 is 1.34. The lowest BCUT2D eigenvalue weighted by Gasteiger charge is -2.18. The van der Waals surface area contributed by atoms with E-state index in [0.717, 1.165) is 33.0 Å². The molecule has 5 heteroatoms. The van der Waals surface area contributed by atoms with Crippen molar-refractivity contribution in [1.82, 2.24) is 0 Å². The van der Waals surface area contributed by atoms with Gasteiger partial charge in [0.25, 0.3) is 0 Å². The highest BCUT2D eigenvalue weighted by molar-refractivity contribution is 7.15. The summed E-state index contributed by atoms with van der Waals surface area (Å²) in [5.74, 6) is -1.18. The predicted molar refractivity (Wildman–Crippen MR) is 147 cm³/mol. The minimum atomic E-state index is -0.523. The van der Waals surface area contributed by atoms with Crippen molar-refractivity contribution >= 4 is 39.0 Å². The van der Waals surface area contributed by atoms with Crippen LogP contribution in [0.3, 0.4) is 0 Å². The van der Waals surface area contributed by atoms with Gasteiger partial charge >= 0.3 is 5.97 Å². The molecule has 0 spiro atoms. The SMILES string of the molecule is CCOC(=O)c1c(-c2cccc3ccccc23)csc1NC(=O)C(c1ccccc1)c1ccccc1. The van der Waals surface area contributed by atoms with Crippen molar-refractivity contribution in [2.45, 2.75) is 12.8 Å². The third-order valence-corrected chi connectivity index (χ3v) is 7.01. The van der Waals surface area contributed by atoms with Gasteiger partial charge in [-0.2, -0.15) is 0 Å². The Labute approximate surface area is 214 Å².